The maximum atomic E-state index is 5.47. The van der Waals surface area contributed by atoms with Crippen LogP contribution in [0.3, 0.4) is 0 Å². The second kappa shape index (κ2) is 6.74. The Morgan fingerprint density at radius 1 is 1.17 bits per heavy atom. The number of aryl methyl sites for hydroxylation is 2. The van der Waals surface area contributed by atoms with Gasteiger partial charge in [0.15, 0.2) is 17.1 Å². The van der Waals surface area contributed by atoms with Crippen molar-refractivity contribution in [2.24, 2.45) is 7.05 Å². The maximum Gasteiger partial charge on any atom is 0.163 e. The Hall–Kier alpha value is -2.83. The molecule has 0 radical (unpaired) electrons. The summed E-state index contributed by atoms with van der Waals surface area (Å²) in [5, 5.41) is 8.55. The van der Waals surface area contributed by atoms with Crippen LogP contribution in [0.1, 0.15) is 11.4 Å². The lowest BCUT2D eigenvalue weighted by Crippen LogP contribution is -2.09. The molecule has 0 bridgehead atoms. The summed E-state index contributed by atoms with van der Waals surface area (Å²) in [5.41, 5.74) is 1.90. The number of anilines is 1. The van der Waals surface area contributed by atoms with Gasteiger partial charge in [-0.2, -0.15) is 5.10 Å². The molecule has 0 unspecified atom stereocenters. The number of hydrogen-bond acceptors (Lipinski definition) is 6. The summed E-state index contributed by atoms with van der Waals surface area (Å²) in [6, 6.07) is 5.89. The van der Waals surface area contributed by atoms with E-state index in [1.165, 1.54) is 0 Å². The minimum atomic E-state index is 0.712. The van der Waals surface area contributed by atoms with E-state index in [1.54, 1.807) is 25.1 Å². The normalized spacial score (nSPS) is 10.8. The number of fused-ring (bicyclic) bond motifs is 1. The lowest BCUT2D eigenvalue weighted by molar-refractivity contribution is 0.352. The van der Waals surface area contributed by atoms with Gasteiger partial charge in [0.05, 0.1) is 25.8 Å². The van der Waals surface area contributed by atoms with Crippen molar-refractivity contribution in [2.75, 3.05) is 26.1 Å². The Kier molecular flexibility index (Phi) is 4.50. The van der Waals surface area contributed by atoms with Crippen LogP contribution in [-0.2, 0) is 13.5 Å². The van der Waals surface area contributed by atoms with E-state index in [9.17, 15) is 0 Å². The quantitative estimate of drug-likeness (QED) is 0.749. The molecule has 2 heterocycles. The van der Waals surface area contributed by atoms with Gasteiger partial charge < -0.3 is 14.8 Å². The lowest BCUT2D eigenvalue weighted by Gasteiger charge is -2.13. The molecule has 0 saturated carbocycles. The molecular formula is C17H21N5O2. The van der Waals surface area contributed by atoms with Crippen LogP contribution in [0.15, 0.2) is 24.4 Å². The fourth-order valence-corrected chi connectivity index (χ4v) is 2.73. The average molecular weight is 327 g/mol. The molecule has 0 atom stereocenters. The molecule has 0 saturated heterocycles. The zero-order valence-corrected chi connectivity index (χ0v) is 14.3. The second-order valence-corrected chi connectivity index (χ2v) is 5.45. The number of aromatic nitrogens is 4. The van der Waals surface area contributed by atoms with Gasteiger partial charge in [-0.3, -0.25) is 4.68 Å². The molecule has 1 N–H and O–H groups in total. The Balaban J connectivity index is 1.78. The number of nitrogens with zero attached hydrogens (tertiary/aromatic N) is 4. The van der Waals surface area contributed by atoms with Gasteiger partial charge in [0.2, 0.25) is 0 Å². The highest BCUT2D eigenvalue weighted by atomic mass is 16.5. The monoisotopic (exact) mass is 327 g/mol. The van der Waals surface area contributed by atoms with Gasteiger partial charge in [0.25, 0.3) is 0 Å². The maximum absolute atomic E-state index is 5.47. The summed E-state index contributed by atoms with van der Waals surface area (Å²) in [4.78, 5) is 8.92. The first-order chi connectivity index (χ1) is 11.6. The third-order valence-corrected chi connectivity index (χ3v) is 3.88. The molecule has 7 nitrogen and oxygen atoms in total. The van der Waals surface area contributed by atoms with E-state index >= 15 is 0 Å². The molecule has 1 aromatic carbocycles. The smallest absolute Gasteiger partial charge is 0.163 e. The summed E-state index contributed by atoms with van der Waals surface area (Å²) >= 11 is 0. The summed E-state index contributed by atoms with van der Waals surface area (Å²) in [7, 11) is 5.17. The standard InChI is InChI=1S/C17H21N5O2/c1-11-20-16(13-10-19-22(2)17(13)21-11)18-9-8-12-6-5-7-14(23-3)15(12)24-4/h5-7,10H,8-9H2,1-4H3,(H,18,20,21). The molecule has 0 aliphatic heterocycles. The van der Waals surface area contributed by atoms with Gasteiger partial charge in [-0.1, -0.05) is 12.1 Å². The van der Waals surface area contributed by atoms with E-state index in [0.29, 0.717) is 12.4 Å². The molecule has 2 aromatic heterocycles. The van der Waals surface area contributed by atoms with Gasteiger partial charge in [0, 0.05) is 13.6 Å². The highest BCUT2D eigenvalue weighted by Crippen LogP contribution is 2.31. The SMILES string of the molecule is COc1cccc(CCNc2nc(C)nc3c2cnn3C)c1OC. The zero-order chi connectivity index (χ0) is 17.1. The van der Waals surface area contributed by atoms with Crippen molar-refractivity contribution in [1.29, 1.82) is 0 Å². The van der Waals surface area contributed by atoms with E-state index in [-0.39, 0.29) is 0 Å². The highest BCUT2D eigenvalue weighted by Gasteiger charge is 2.11. The molecule has 126 valence electrons. The lowest BCUT2D eigenvalue weighted by atomic mass is 10.1. The van der Waals surface area contributed by atoms with Crippen molar-refractivity contribution in [1.82, 2.24) is 19.7 Å². The van der Waals surface area contributed by atoms with Gasteiger partial charge in [-0.05, 0) is 25.0 Å². The Morgan fingerprint density at radius 2 is 2.00 bits per heavy atom. The predicted molar refractivity (Wildman–Crippen MR) is 92.8 cm³/mol. The first kappa shape index (κ1) is 16.0. The predicted octanol–water partition coefficient (Wildman–Crippen LogP) is 2.34. The molecule has 0 aliphatic carbocycles. The summed E-state index contributed by atoms with van der Waals surface area (Å²) in [6.07, 6.45) is 2.56. The Morgan fingerprint density at radius 3 is 2.75 bits per heavy atom. The van der Waals surface area contributed by atoms with Gasteiger partial charge >= 0.3 is 0 Å². The van der Waals surface area contributed by atoms with Crippen LogP contribution in [0.5, 0.6) is 11.5 Å². The Labute approximate surface area is 140 Å². The molecule has 0 aliphatic rings. The number of rotatable bonds is 6. The highest BCUT2D eigenvalue weighted by molar-refractivity contribution is 5.86. The fourth-order valence-electron chi connectivity index (χ4n) is 2.73. The van der Waals surface area contributed by atoms with E-state index in [4.69, 9.17) is 9.47 Å². The fraction of sp³-hybridized carbons (Fsp3) is 0.353. The largest absolute Gasteiger partial charge is 0.493 e. The van der Waals surface area contributed by atoms with Crippen LogP contribution in [0.4, 0.5) is 5.82 Å². The van der Waals surface area contributed by atoms with E-state index in [0.717, 1.165) is 40.3 Å². The van der Waals surface area contributed by atoms with Gasteiger partial charge in [-0.25, -0.2) is 9.97 Å². The molecule has 7 heteroatoms. The van der Waals surface area contributed by atoms with Crippen molar-refractivity contribution < 1.29 is 9.47 Å². The van der Waals surface area contributed by atoms with Crippen molar-refractivity contribution in [3.63, 3.8) is 0 Å². The summed E-state index contributed by atoms with van der Waals surface area (Å²) < 4.78 is 12.6. The van der Waals surface area contributed by atoms with E-state index in [1.807, 2.05) is 32.2 Å². The van der Waals surface area contributed by atoms with Crippen LogP contribution in [-0.4, -0.2) is 40.5 Å². The zero-order valence-electron chi connectivity index (χ0n) is 14.3. The molecule has 0 spiro atoms. The number of hydrogen-bond donors (Lipinski definition) is 1. The number of ether oxygens (including phenoxy) is 2. The number of para-hydroxylation sites is 1. The minimum absolute atomic E-state index is 0.712. The van der Waals surface area contributed by atoms with Crippen LogP contribution >= 0.6 is 0 Å². The first-order valence-electron chi connectivity index (χ1n) is 7.74. The third kappa shape index (κ3) is 2.97. The van der Waals surface area contributed by atoms with Gasteiger partial charge in [0.1, 0.15) is 11.6 Å². The molecule has 24 heavy (non-hydrogen) atoms. The first-order valence-corrected chi connectivity index (χ1v) is 7.74. The Bertz CT molecular complexity index is 860. The topological polar surface area (TPSA) is 74.1 Å². The van der Waals surface area contributed by atoms with E-state index in [2.05, 4.69) is 20.4 Å². The third-order valence-electron chi connectivity index (χ3n) is 3.88. The second-order valence-electron chi connectivity index (χ2n) is 5.45. The van der Waals surface area contributed by atoms with Crippen LogP contribution in [0.25, 0.3) is 11.0 Å². The molecule has 0 amide bonds. The van der Waals surface area contributed by atoms with Gasteiger partial charge in [-0.15, -0.1) is 0 Å². The molecule has 3 aromatic rings. The number of methoxy groups -OCH3 is 2. The van der Waals surface area contributed by atoms with Crippen molar-refractivity contribution in [2.45, 2.75) is 13.3 Å². The summed E-state index contributed by atoms with van der Waals surface area (Å²) in [5.74, 6) is 3.02. The van der Waals surface area contributed by atoms with Crippen LogP contribution < -0.4 is 14.8 Å². The van der Waals surface area contributed by atoms with Crippen LogP contribution in [0.2, 0.25) is 0 Å². The van der Waals surface area contributed by atoms with Crippen molar-refractivity contribution >= 4 is 16.9 Å². The minimum Gasteiger partial charge on any atom is -0.493 e. The van der Waals surface area contributed by atoms with Crippen LogP contribution in [0, 0.1) is 6.92 Å². The molecule has 3 rings (SSSR count). The molecule has 0 fully saturated rings. The van der Waals surface area contributed by atoms with Crippen molar-refractivity contribution in [3.05, 3.63) is 35.8 Å². The number of benzene rings is 1. The number of nitrogens with one attached hydrogen (secondary N) is 1. The summed E-state index contributed by atoms with van der Waals surface area (Å²) in [6.45, 7) is 2.59. The van der Waals surface area contributed by atoms with Crippen molar-refractivity contribution in [3.8, 4) is 11.5 Å². The average Bonchev–Trinajstić information content (AvgIpc) is 2.95. The van der Waals surface area contributed by atoms with E-state index < -0.39 is 0 Å². The molecular weight excluding hydrogens is 306 g/mol.